The van der Waals surface area contributed by atoms with Crippen LogP contribution in [0.4, 0.5) is 0 Å². The number of morpholine rings is 1. The lowest BCUT2D eigenvalue weighted by Crippen LogP contribution is -2.43. The predicted octanol–water partition coefficient (Wildman–Crippen LogP) is 3.26. The molecule has 0 unspecified atom stereocenters. The molecule has 0 aromatic heterocycles. The van der Waals surface area contributed by atoms with E-state index in [9.17, 15) is 4.79 Å². The van der Waals surface area contributed by atoms with Crippen LogP contribution < -0.4 is 0 Å². The van der Waals surface area contributed by atoms with Gasteiger partial charge in [0.2, 0.25) is 5.91 Å². The second kappa shape index (κ2) is 7.32. The normalized spacial score (nSPS) is 23.4. The Bertz CT molecular complexity index is 459. The molecule has 1 aliphatic carbocycles. The van der Waals surface area contributed by atoms with E-state index in [1.165, 1.54) is 31.2 Å². The first kappa shape index (κ1) is 14.9. The molecule has 114 valence electrons. The van der Waals surface area contributed by atoms with Gasteiger partial charge in [-0.2, -0.15) is 0 Å². The smallest absolute Gasteiger partial charge is 0.232 e. The van der Waals surface area contributed by atoms with Gasteiger partial charge in [0, 0.05) is 11.8 Å². The number of carbonyl (C=O) groups excluding carboxylic acids is 1. The Morgan fingerprint density at radius 2 is 2.00 bits per heavy atom. The molecule has 2 aliphatic rings. The molecule has 1 aromatic rings. The van der Waals surface area contributed by atoms with Gasteiger partial charge in [0.15, 0.2) is 0 Å². The first-order valence-corrected chi connectivity index (χ1v) is 8.94. The fraction of sp³-hybridized carbons (Fsp3) is 0.588. The van der Waals surface area contributed by atoms with Crippen molar-refractivity contribution in [3.05, 3.63) is 35.9 Å². The molecule has 3 rings (SSSR count). The predicted molar refractivity (Wildman–Crippen MR) is 86.4 cm³/mol. The van der Waals surface area contributed by atoms with Crippen molar-refractivity contribution in [3.63, 3.8) is 0 Å². The van der Waals surface area contributed by atoms with E-state index < -0.39 is 0 Å². The second-order valence-electron chi connectivity index (χ2n) is 5.83. The van der Waals surface area contributed by atoms with Crippen LogP contribution in [0.15, 0.2) is 30.3 Å². The van der Waals surface area contributed by atoms with Crippen molar-refractivity contribution in [2.45, 2.75) is 37.0 Å². The van der Waals surface area contributed by atoms with Gasteiger partial charge in [-0.15, -0.1) is 11.8 Å². The molecule has 1 heterocycles. The number of hydrogen-bond acceptors (Lipinski definition) is 3. The van der Waals surface area contributed by atoms with Gasteiger partial charge >= 0.3 is 0 Å². The van der Waals surface area contributed by atoms with Gasteiger partial charge in [0.05, 0.1) is 18.9 Å². The molecule has 1 atom stereocenters. The Kier molecular flexibility index (Phi) is 5.20. The SMILES string of the molecule is O=C(CSC1CCCC1)N1CCO[C@@H](c2ccccc2)C1. The maximum Gasteiger partial charge on any atom is 0.232 e. The van der Waals surface area contributed by atoms with Crippen molar-refractivity contribution in [3.8, 4) is 0 Å². The molecule has 1 aliphatic heterocycles. The number of nitrogens with zero attached hydrogens (tertiary/aromatic N) is 1. The van der Waals surface area contributed by atoms with Gasteiger partial charge in [-0.3, -0.25) is 4.79 Å². The average molecular weight is 305 g/mol. The molecule has 0 bridgehead atoms. The number of amides is 1. The van der Waals surface area contributed by atoms with Crippen LogP contribution in [0.25, 0.3) is 0 Å². The van der Waals surface area contributed by atoms with Crippen LogP contribution in [0, 0.1) is 0 Å². The fourth-order valence-corrected chi connectivity index (χ4v) is 4.31. The summed E-state index contributed by atoms with van der Waals surface area (Å²) in [7, 11) is 0. The summed E-state index contributed by atoms with van der Waals surface area (Å²) in [6, 6.07) is 10.2. The molecule has 21 heavy (non-hydrogen) atoms. The van der Waals surface area contributed by atoms with E-state index in [1.807, 2.05) is 34.9 Å². The Hall–Kier alpha value is -1.00. The second-order valence-corrected chi connectivity index (χ2v) is 7.12. The zero-order chi connectivity index (χ0) is 14.5. The van der Waals surface area contributed by atoms with E-state index in [0.717, 1.165) is 6.54 Å². The number of rotatable bonds is 4. The highest BCUT2D eigenvalue weighted by Gasteiger charge is 2.26. The minimum Gasteiger partial charge on any atom is -0.370 e. The molecule has 4 heteroatoms. The first-order valence-electron chi connectivity index (χ1n) is 7.89. The summed E-state index contributed by atoms with van der Waals surface area (Å²) in [5, 5.41) is 0.708. The van der Waals surface area contributed by atoms with Gasteiger partial charge in [0.25, 0.3) is 0 Å². The molecule has 1 amide bonds. The van der Waals surface area contributed by atoms with Crippen molar-refractivity contribution in [2.75, 3.05) is 25.4 Å². The minimum absolute atomic E-state index is 0.0281. The van der Waals surface area contributed by atoms with E-state index in [1.54, 1.807) is 0 Å². The van der Waals surface area contributed by atoms with Crippen molar-refractivity contribution in [1.82, 2.24) is 4.90 Å². The summed E-state index contributed by atoms with van der Waals surface area (Å²) in [6.45, 7) is 2.06. The highest BCUT2D eigenvalue weighted by Crippen LogP contribution is 2.30. The first-order chi connectivity index (χ1) is 10.3. The number of benzene rings is 1. The summed E-state index contributed by atoms with van der Waals surface area (Å²) in [6.07, 6.45) is 5.26. The third-order valence-electron chi connectivity index (χ3n) is 4.34. The fourth-order valence-electron chi connectivity index (χ4n) is 3.08. The number of hydrogen-bond donors (Lipinski definition) is 0. The summed E-state index contributed by atoms with van der Waals surface area (Å²) in [5.41, 5.74) is 1.17. The molecule has 1 saturated carbocycles. The molecule has 0 N–H and O–H groups in total. The topological polar surface area (TPSA) is 29.5 Å². The summed E-state index contributed by atoms with van der Waals surface area (Å²) < 4.78 is 5.82. The van der Waals surface area contributed by atoms with Gasteiger partial charge < -0.3 is 9.64 Å². The molecule has 1 aromatic carbocycles. The standard InChI is InChI=1S/C17H23NO2S/c19-17(13-21-15-8-4-5-9-15)18-10-11-20-16(12-18)14-6-2-1-3-7-14/h1-3,6-7,15-16H,4-5,8-13H2/t16-/m1/s1. The van der Waals surface area contributed by atoms with Gasteiger partial charge in [-0.1, -0.05) is 43.2 Å². The lowest BCUT2D eigenvalue weighted by molar-refractivity contribution is -0.136. The third kappa shape index (κ3) is 4.01. The van der Waals surface area contributed by atoms with E-state index in [4.69, 9.17) is 4.74 Å². The van der Waals surface area contributed by atoms with E-state index >= 15 is 0 Å². The third-order valence-corrected chi connectivity index (χ3v) is 5.69. The molecule has 1 saturated heterocycles. The van der Waals surface area contributed by atoms with Crippen LogP contribution in [0.1, 0.15) is 37.4 Å². The Morgan fingerprint density at radius 3 is 2.76 bits per heavy atom. The lowest BCUT2D eigenvalue weighted by Gasteiger charge is -2.33. The zero-order valence-corrected chi connectivity index (χ0v) is 13.2. The Labute approximate surface area is 131 Å². The molecule has 2 fully saturated rings. The Morgan fingerprint density at radius 1 is 1.24 bits per heavy atom. The van der Waals surface area contributed by atoms with E-state index in [2.05, 4.69) is 12.1 Å². The van der Waals surface area contributed by atoms with Crippen molar-refractivity contribution < 1.29 is 9.53 Å². The summed E-state index contributed by atoms with van der Waals surface area (Å²) in [4.78, 5) is 14.4. The molecule has 3 nitrogen and oxygen atoms in total. The van der Waals surface area contributed by atoms with Crippen LogP contribution in [-0.4, -0.2) is 41.5 Å². The van der Waals surface area contributed by atoms with Crippen molar-refractivity contribution in [1.29, 1.82) is 0 Å². The number of thioether (sulfide) groups is 1. The zero-order valence-electron chi connectivity index (χ0n) is 12.4. The van der Waals surface area contributed by atoms with Crippen LogP contribution in [0.3, 0.4) is 0 Å². The summed E-state index contributed by atoms with van der Waals surface area (Å²) >= 11 is 1.85. The van der Waals surface area contributed by atoms with Gasteiger partial charge in [-0.05, 0) is 18.4 Å². The maximum atomic E-state index is 12.4. The average Bonchev–Trinajstić information content (AvgIpc) is 3.07. The van der Waals surface area contributed by atoms with Gasteiger partial charge in [0.1, 0.15) is 6.10 Å². The number of ether oxygens (including phenoxy) is 1. The Balaban J connectivity index is 1.51. The minimum atomic E-state index is 0.0281. The van der Waals surface area contributed by atoms with Crippen molar-refractivity contribution >= 4 is 17.7 Å². The van der Waals surface area contributed by atoms with Gasteiger partial charge in [-0.25, -0.2) is 0 Å². The molecular formula is C17H23NO2S. The largest absolute Gasteiger partial charge is 0.370 e. The quantitative estimate of drug-likeness (QED) is 0.855. The van der Waals surface area contributed by atoms with Crippen LogP contribution in [0.2, 0.25) is 0 Å². The van der Waals surface area contributed by atoms with Crippen LogP contribution in [0.5, 0.6) is 0 Å². The lowest BCUT2D eigenvalue weighted by atomic mass is 10.1. The molecular weight excluding hydrogens is 282 g/mol. The van der Waals surface area contributed by atoms with Crippen LogP contribution >= 0.6 is 11.8 Å². The molecule has 0 spiro atoms. The number of carbonyl (C=O) groups is 1. The van der Waals surface area contributed by atoms with E-state index in [-0.39, 0.29) is 12.0 Å². The molecule has 0 radical (unpaired) electrons. The highest BCUT2D eigenvalue weighted by atomic mass is 32.2. The summed E-state index contributed by atoms with van der Waals surface area (Å²) in [5.74, 6) is 0.905. The van der Waals surface area contributed by atoms with E-state index in [0.29, 0.717) is 24.2 Å². The maximum absolute atomic E-state index is 12.4. The van der Waals surface area contributed by atoms with Crippen molar-refractivity contribution in [2.24, 2.45) is 0 Å². The monoisotopic (exact) mass is 305 g/mol. The van der Waals surface area contributed by atoms with Crippen LogP contribution in [-0.2, 0) is 9.53 Å². The highest BCUT2D eigenvalue weighted by molar-refractivity contribution is 8.00.